The van der Waals surface area contributed by atoms with E-state index in [1.165, 1.54) is 17.8 Å². The van der Waals surface area contributed by atoms with Gasteiger partial charge >= 0.3 is 0 Å². The van der Waals surface area contributed by atoms with Gasteiger partial charge in [-0.25, -0.2) is 0 Å². The molecule has 0 bridgehead atoms. The van der Waals surface area contributed by atoms with Gasteiger partial charge < -0.3 is 10.4 Å². The Labute approximate surface area is 104 Å². The van der Waals surface area contributed by atoms with Crippen LogP contribution in [0.3, 0.4) is 0 Å². The highest BCUT2D eigenvalue weighted by atomic mass is 32.2. The zero-order valence-electron chi connectivity index (χ0n) is 9.68. The first-order valence-electron chi connectivity index (χ1n) is 5.44. The van der Waals surface area contributed by atoms with E-state index in [0.717, 1.165) is 22.9 Å². The maximum atomic E-state index is 10.8. The van der Waals surface area contributed by atoms with E-state index in [9.17, 15) is 10.1 Å². The zero-order chi connectivity index (χ0) is 12.7. The molecule has 1 rings (SSSR count). The predicted octanol–water partition coefficient (Wildman–Crippen LogP) is 2.50. The minimum atomic E-state index is -0.392. The number of thioether (sulfide) groups is 1. The molecule has 0 aliphatic heterocycles. The number of anilines is 1. The van der Waals surface area contributed by atoms with Crippen LogP contribution < -0.4 is 5.32 Å². The van der Waals surface area contributed by atoms with E-state index in [1.807, 2.05) is 13.0 Å². The number of nitrogens with zero attached hydrogens (tertiary/aromatic N) is 1. The summed E-state index contributed by atoms with van der Waals surface area (Å²) in [6.45, 7) is 2.81. The lowest BCUT2D eigenvalue weighted by molar-refractivity contribution is -0.385. The maximum Gasteiger partial charge on any atom is 0.272 e. The average Bonchev–Trinajstić information content (AvgIpc) is 2.29. The molecule has 0 atom stereocenters. The summed E-state index contributed by atoms with van der Waals surface area (Å²) in [5.74, 6) is 0.753. The van der Waals surface area contributed by atoms with Crippen molar-refractivity contribution >= 4 is 23.1 Å². The molecular weight excluding hydrogens is 240 g/mol. The molecule has 0 heterocycles. The van der Waals surface area contributed by atoms with E-state index in [-0.39, 0.29) is 12.3 Å². The van der Waals surface area contributed by atoms with Gasteiger partial charge in [0, 0.05) is 41.6 Å². The molecule has 0 unspecified atom stereocenters. The third-order valence-electron chi connectivity index (χ3n) is 2.05. The van der Waals surface area contributed by atoms with E-state index < -0.39 is 4.92 Å². The van der Waals surface area contributed by atoms with Crippen molar-refractivity contribution in [1.29, 1.82) is 0 Å². The maximum absolute atomic E-state index is 10.8. The molecule has 6 heteroatoms. The molecule has 17 heavy (non-hydrogen) atoms. The second-order valence-electron chi connectivity index (χ2n) is 3.43. The van der Waals surface area contributed by atoms with Crippen molar-refractivity contribution in [2.24, 2.45) is 0 Å². The Bertz CT molecular complexity index is 385. The number of hydrogen-bond acceptors (Lipinski definition) is 5. The number of nitrogens with one attached hydrogen (secondary N) is 1. The van der Waals surface area contributed by atoms with Crippen molar-refractivity contribution in [2.45, 2.75) is 18.2 Å². The van der Waals surface area contributed by atoms with Crippen molar-refractivity contribution in [3.05, 3.63) is 28.3 Å². The molecule has 94 valence electrons. The van der Waals surface area contributed by atoms with Crippen LogP contribution in [0.1, 0.15) is 13.3 Å². The predicted molar refractivity (Wildman–Crippen MR) is 69.7 cm³/mol. The quantitative estimate of drug-likeness (QED) is 0.339. The normalized spacial score (nSPS) is 10.2. The molecule has 0 aliphatic carbocycles. The molecule has 0 aliphatic rings. The molecule has 0 aromatic heterocycles. The van der Waals surface area contributed by atoms with Gasteiger partial charge in [-0.1, -0.05) is 0 Å². The van der Waals surface area contributed by atoms with Crippen LogP contribution in [-0.4, -0.2) is 28.9 Å². The molecule has 0 amide bonds. The Kier molecular flexibility index (Phi) is 5.79. The van der Waals surface area contributed by atoms with Gasteiger partial charge in [-0.3, -0.25) is 10.1 Å². The third-order valence-corrected chi connectivity index (χ3v) is 3.12. The SMILES string of the molecule is CCNc1cc(SCCCO)cc([N+](=O)[O-])c1. The summed E-state index contributed by atoms with van der Waals surface area (Å²) in [4.78, 5) is 11.2. The molecule has 0 spiro atoms. The molecule has 0 saturated carbocycles. The van der Waals surface area contributed by atoms with Crippen LogP contribution in [0, 0.1) is 10.1 Å². The van der Waals surface area contributed by atoms with Gasteiger partial charge in [0.1, 0.15) is 0 Å². The highest BCUT2D eigenvalue weighted by Gasteiger charge is 2.09. The summed E-state index contributed by atoms with van der Waals surface area (Å²) >= 11 is 1.51. The number of hydrogen-bond donors (Lipinski definition) is 2. The van der Waals surface area contributed by atoms with Crippen LogP contribution in [0.15, 0.2) is 23.1 Å². The van der Waals surface area contributed by atoms with E-state index in [1.54, 1.807) is 6.07 Å². The van der Waals surface area contributed by atoms with Gasteiger partial charge in [-0.05, 0) is 19.4 Å². The number of aliphatic hydroxyl groups excluding tert-OH is 1. The fourth-order valence-corrected chi connectivity index (χ4v) is 2.26. The van der Waals surface area contributed by atoms with Crippen molar-refractivity contribution in [3.8, 4) is 0 Å². The van der Waals surface area contributed by atoms with Crippen LogP contribution in [0.5, 0.6) is 0 Å². The standard InChI is InChI=1S/C11H16N2O3S/c1-2-12-9-6-10(13(15)16)8-11(7-9)17-5-3-4-14/h6-8,12,14H,2-5H2,1H3. The lowest BCUT2D eigenvalue weighted by Crippen LogP contribution is -1.98. The number of benzene rings is 1. The van der Waals surface area contributed by atoms with Crippen LogP contribution in [0.4, 0.5) is 11.4 Å². The first kappa shape index (κ1) is 13.8. The number of rotatable bonds is 7. The van der Waals surface area contributed by atoms with Gasteiger partial charge in [-0.15, -0.1) is 11.8 Å². The lowest BCUT2D eigenvalue weighted by atomic mass is 10.3. The summed E-state index contributed by atoms with van der Waals surface area (Å²) in [5.41, 5.74) is 0.850. The molecule has 0 saturated heterocycles. The summed E-state index contributed by atoms with van der Waals surface area (Å²) in [5, 5.41) is 22.5. The van der Waals surface area contributed by atoms with Crippen molar-refractivity contribution in [1.82, 2.24) is 0 Å². The first-order chi connectivity index (χ1) is 8.17. The summed E-state index contributed by atoms with van der Waals surface area (Å²) < 4.78 is 0. The first-order valence-corrected chi connectivity index (χ1v) is 6.43. The summed E-state index contributed by atoms with van der Waals surface area (Å²) in [6, 6.07) is 4.97. The minimum Gasteiger partial charge on any atom is -0.396 e. The van der Waals surface area contributed by atoms with E-state index in [4.69, 9.17) is 5.11 Å². The van der Waals surface area contributed by atoms with Crippen molar-refractivity contribution in [3.63, 3.8) is 0 Å². The number of nitro groups is 1. The number of nitro benzene ring substituents is 1. The Balaban J connectivity index is 2.83. The molecule has 0 fully saturated rings. The van der Waals surface area contributed by atoms with Crippen LogP contribution in [0.25, 0.3) is 0 Å². The van der Waals surface area contributed by atoms with Gasteiger partial charge in [0.25, 0.3) is 5.69 Å². The highest BCUT2D eigenvalue weighted by Crippen LogP contribution is 2.28. The Morgan fingerprint density at radius 3 is 2.82 bits per heavy atom. The third kappa shape index (κ3) is 4.62. The van der Waals surface area contributed by atoms with E-state index in [0.29, 0.717) is 6.42 Å². The largest absolute Gasteiger partial charge is 0.396 e. The van der Waals surface area contributed by atoms with Crippen LogP contribution >= 0.6 is 11.8 Å². The lowest BCUT2D eigenvalue weighted by Gasteiger charge is -2.06. The molecule has 2 N–H and O–H groups in total. The molecule has 0 radical (unpaired) electrons. The molecule has 1 aromatic rings. The smallest absolute Gasteiger partial charge is 0.272 e. The summed E-state index contributed by atoms with van der Waals surface area (Å²) in [6.07, 6.45) is 0.684. The minimum absolute atomic E-state index is 0.0925. The number of aliphatic hydroxyl groups is 1. The van der Waals surface area contributed by atoms with Gasteiger partial charge in [0.2, 0.25) is 0 Å². The van der Waals surface area contributed by atoms with E-state index in [2.05, 4.69) is 5.32 Å². The Morgan fingerprint density at radius 2 is 2.24 bits per heavy atom. The fourth-order valence-electron chi connectivity index (χ4n) is 1.33. The van der Waals surface area contributed by atoms with Gasteiger partial charge in [-0.2, -0.15) is 0 Å². The van der Waals surface area contributed by atoms with Gasteiger partial charge in [0.05, 0.1) is 4.92 Å². The van der Waals surface area contributed by atoms with Crippen molar-refractivity contribution < 1.29 is 10.0 Å². The van der Waals surface area contributed by atoms with Gasteiger partial charge in [0.15, 0.2) is 0 Å². The topological polar surface area (TPSA) is 75.4 Å². The van der Waals surface area contributed by atoms with Crippen LogP contribution in [-0.2, 0) is 0 Å². The fraction of sp³-hybridized carbons (Fsp3) is 0.455. The molecule has 1 aromatic carbocycles. The number of non-ortho nitro benzene ring substituents is 1. The summed E-state index contributed by atoms with van der Waals surface area (Å²) in [7, 11) is 0. The molecule has 5 nitrogen and oxygen atoms in total. The second kappa shape index (κ2) is 7.13. The Hall–Kier alpha value is -1.27. The van der Waals surface area contributed by atoms with Crippen molar-refractivity contribution in [2.75, 3.05) is 24.2 Å². The van der Waals surface area contributed by atoms with E-state index >= 15 is 0 Å². The average molecular weight is 256 g/mol. The Morgan fingerprint density at radius 1 is 1.47 bits per heavy atom. The highest BCUT2D eigenvalue weighted by molar-refractivity contribution is 7.99. The second-order valence-corrected chi connectivity index (χ2v) is 4.60. The zero-order valence-corrected chi connectivity index (χ0v) is 10.5. The monoisotopic (exact) mass is 256 g/mol. The molecular formula is C11H16N2O3S. The van der Waals surface area contributed by atoms with Crippen LogP contribution in [0.2, 0.25) is 0 Å².